The Morgan fingerprint density at radius 3 is 2.59 bits per heavy atom. The maximum Gasteiger partial charge on any atom is 0.193 e. The van der Waals surface area contributed by atoms with Gasteiger partial charge in [-0.1, -0.05) is 6.92 Å². The molecule has 2 atom stereocenters. The molecule has 0 N–H and O–H groups in total. The molecule has 4 heterocycles. The number of anilines is 1. The number of rotatable bonds is 6. The Morgan fingerprint density at radius 2 is 1.94 bits per heavy atom. The van der Waals surface area contributed by atoms with Gasteiger partial charge in [-0.05, 0) is 57.0 Å². The van der Waals surface area contributed by atoms with E-state index < -0.39 is 0 Å². The van der Waals surface area contributed by atoms with E-state index in [-0.39, 0.29) is 0 Å². The van der Waals surface area contributed by atoms with Crippen LogP contribution in [0.2, 0.25) is 0 Å². The first kappa shape index (κ1) is 20.4. The van der Waals surface area contributed by atoms with Crippen molar-refractivity contribution in [3.8, 4) is 11.4 Å². The molecule has 1 fully saturated rings. The number of hydrogen-bond donors (Lipinski definition) is 0. The number of carbonyl (C=O) groups excluding carboxylic acids is 1. The summed E-state index contributed by atoms with van der Waals surface area (Å²) in [6.45, 7) is 7.05. The van der Waals surface area contributed by atoms with Gasteiger partial charge in [0.15, 0.2) is 5.89 Å². The van der Waals surface area contributed by atoms with Crippen molar-refractivity contribution in [2.24, 2.45) is 0 Å². The lowest BCUT2D eigenvalue weighted by atomic mass is 10.2. The van der Waals surface area contributed by atoms with E-state index in [4.69, 9.17) is 14.4 Å². The maximum absolute atomic E-state index is 11.3. The molecule has 4 aromatic rings. The maximum atomic E-state index is 11.3. The van der Waals surface area contributed by atoms with Gasteiger partial charge in [0.2, 0.25) is 0 Å². The molecule has 32 heavy (non-hydrogen) atoms. The third-order valence-corrected chi connectivity index (χ3v) is 6.35. The number of oxazole rings is 1. The number of fused-ring (bicyclic) bond motifs is 1. The van der Waals surface area contributed by atoms with Gasteiger partial charge in [-0.2, -0.15) is 0 Å². The number of hydrogen-bond acceptors (Lipinski definition) is 6. The topological polar surface area (TPSA) is 77.1 Å². The van der Waals surface area contributed by atoms with Crippen LogP contribution in [0.3, 0.4) is 0 Å². The number of pyridine rings is 1. The Bertz CT molecular complexity index is 1250. The van der Waals surface area contributed by atoms with Crippen molar-refractivity contribution in [3.05, 3.63) is 59.9 Å². The minimum atomic E-state index is 0.495. The zero-order valence-electron chi connectivity index (χ0n) is 18.7. The van der Waals surface area contributed by atoms with Crippen molar-refractivity contribution in [1.82, 2.24) is 19.5 Å². The van der Waals surface area contributed by atoms with Crippen LogP contribution in [0.5, 0.6) is 0 Å². The molecule has 7 heteroatoms. The van der Waals surface area contributed by atoms with Crippen molar-refractivity contribution < 1.29 is 9.21 Å². The van der Waals surface area contributed by atoms with Gasteiger partial charge in [0.05, 0.1) is 23.3 Å². The number of nitrogens with zero attached hydrogens (tertiary/aromatic N) is 5. The van der Waals surface area contributed by atoms with E-state index in [0.29, 0.717) is 30.1 Å². The van der Waals surface area contributed by atoms with Crippen molar-refractivity contribution in [2.75, 3.05) is 4.90 Å². The van der Waals surface area contributed by atoms with Crippen molar-refractivity contribution in [1.29, 1.82) is 0 Å². The number of carbonyl (C=O) groups is 1. The molecule has 164 valence electrons. The van der Waals surface area contributed by atoms with Crippen LogP contribution in [-0.4, -0.2) is 37.9 Å². The highest BCUT2D eigenvalue weighted by Crippen LogP contribution is 2.31. The summed E-state index contributed by atoms with van der Waals surface area (Å²) in [6, 6.07) is 10.7. The van der Waals surface area contributed by atoms with Gasteiger partial charge in [-0.25, -0.2) is 15.0 Å². The molecular formula is C25H27N5O2. The fraction of sp³-hybridized carbons (Fsp3) is 0.360. The standard InChI is InChI=1S/C25H27N5O2/c1-4-24-27-20(15-32-24)13-29-22-9-7-18(14-31)11-21(22)28-25(29)19-8-10-23(26-12-19)30-16(2)5-6-17(30)3/h7-12,14-17H,4-6,13H2,1-3H3/t16-,17-/m0/s1. The van der Waals surface area contributed by atoms with Crippen LogP contribution in [0, 0.1) is 0 Å². The van der Waals surface area contributed by atoms with Crippen molar-refractivity contribution >= 4 is 23.1 Å². The Balaban J connectivity index is 1.56. The van der Waals surface area contributed by atoms with Gasteiger partial charge >= 0.3 is 0 Å². The molecule has 0 spiro atoms. The Kier molecular flexibility index (Phi) is 5.25. The summed E-state index contributed by atoms with van der Waals surface area (Å²) in [5.41, 5.74) is 4.09. The van der Waals surface area contributed by atoms with E-state index in [0.717, 1.165) is 46.6 Å². The monoisotopic (exact) mass is 429 g/mol. The summed E-state index contributed by atoms with van der Waals surface area (Å²) in [7, 11) is 0. The Hall–Kier alpha value is -3.48. The van der Waals surface area contributed by atoms with Gasteiger partial charge in [-0.3, -0.25) is 4.79 Å². The predicted octanol–water partition coefficient (Wildman–Crippen LogP) is 4.89. The molecule has 0 saturated carbocycles. The average molecular weight is 430 g/mol. The number of aldehydes is 1. The average Bonchev–Trinajstić information content (AvgIpc) is 3.51. The quantitative estimate of drug-likeness (QED) is 0.406. The van der Waals surface area contributed by atoms with E-state index in [1.165, 1.54) is 12.8 Å². The highest BCUT2D eigenvalue weighted by atomic mass is 16.3. The minimum absolute atomic E-state index is 0.495. The number of imidazole rings is 1. The highest BCUT2D eigenvalue weighted by Gasteiger charge is 2.28. The molecule has 0 amide bonds. The lowest BCUT2D eigenvalue weighted by molar-refractivity contribution is 0.112. The second-order valence-corrected chi connectivity index (χ2v) is 8.56. The van der Waals surface area contributed by atoms with Crippen LogP contribution in [0.4, 0.5) is 5.82 Å². The molecule has 0 unspecified atom stereocenters. The fourth-order valence-corrected chi connectivity index (χ4v) is 4.66. The highest BCUT2D eigenvalue weighted by molar-refractivity contribution is 5.87. The molecule has 0 bridgehead atoms. The van der Waals surface area contributed by atoms with Crippen LogP contribution in [-0.2, 0) is 13.0 Å². The summed E-state index contributed by atoms with van der Waals surface area (Å²) in [5, 5.41) is 0. The molecule has 1 aliphatic rings. The van der Waals surface area contributed by atoms with E-state index >= 15 is 0 Å². The van der Waals surface area contributed by atoms with E-state index in [1.54, 1.807) is 6.26 Å². The summed E-state index contributed by atoms with van der Waals surface area (Å²) >= 11 is 0. The zero-order chi connectivity index (χ0) is 22.2. The summed E-state index contributed by atoms with van der Waals surface area (Å²) in [5.74, 6) is 2.51. The molecule has 0 aliphatic carbocycles. The second kappa shape index (κ2) is 8.22. The molecule has 3 aromatic heterocycles. The van der Waals surface area contributed by atoms with Gasteiger partial charge in [0, 0.05) is 35.8 Å². The van der Waals surface area contributed by atoms with Crippen LogP contribution < -0.4 is 4.90 Å². The van der Waals surface area contributed by atoms with E-state index in [2.05, 4.69) is 40.4 Å². The van der Waals surface area contributed by atoms with Crippen LogP contribution in [0.25, 0.3) is 22.4 Å². The molecule has 7 nitrogen and oxygen atoms in total. The lowest BCUT2D eigenvalue weighted by Gasteiger charge is -2.27. The van der Waals surface area contributed by atoms with Crippen molar-refractivity contribution in [2.45, 2.75) is 58.7 Å². The van der Waals surface area contributed by atoms with Gasteiger partial charge in [0.25, 0.3) is 0 Å². The summed E-state index contributed by atoms with van der Waals surface area (Å²) < 4.78 is 7.65. The Morgan fingerprint density at radius 1 is 1.12 bits per heavy atom. The Labute approximate surface area is 187 Å². The number of aromatic nitrogens is 4. The van der Waals surface area contributed by atoms with E-state index in [9.17, 15) is 4.79 Å². The van der Waals surface area contributed by atoms with E-state index in [1.807, 2.05) is 31.3 Å². The minimum Gasteiger partial charge on any atom is -0.449 e. The van der Waals surface area contributed by atoms with Crippen LogP contribution in [0.1, 0.15) is 55.6 Å². The first-order valence-electron chi connectivity index (χ1n) is 11.2. The third kappa shape index (κ3) is 3.57. The number of aryl methyl sites for hydroxylation is 1. The third-order valence-electron chi connectivity index (χ3n) is 6.35. The zero-order valence-corrected chi connectivity index (χ0v) is 18.7. The normalized spacial score (nSPS) is 18.5. The molecular weight excluding hydrogens is 402 g/mol. The summed E-state index contributed by atoms with van der Waals surface area (Å²) in [4.78, 5) is 27.9. The first-order chi connectivity index (χ1) is 15.6. The van der Waals surface area contributed by atoms with Crippen LogP contribution in [0.15, 0.2) is 47.2 Å². The smallest absolute Gasteiger partial charge is 0.193 e. The van der Waals surface area contributed by atoms with Gasteiger partial charge in [-0.15, -0.1) is 0 Å². The molecule has 5 rings (SSSR count). The largest absolute Gasteiger partial charge is 0.449 e. The second-order valence-electron chi connectivity index (χ2n) is 8.56. The molecule has 1 aliphatic heterocycles. The van der Waals surface area contributed by atoms with Crippen LogP contribution >= 0.6 is 0 Å². The molecule has 1 saturated heterocycles. The van der Waals surface area contributed by atoms with Crippen molar-refractivity contribution in [3.63, 3.8) is 0 Å². The first-order valence-corrected chi connectivity index (χ1v) is 11.2. The van der Waals surface area contributed by atoms with Gasteiger partial charge in [0.1, 0.15) is 24.2 Å². The molecule has 0 radical (unpaired) electrons. The molecule has 1 aromatic carbocycles. The van der Waals surface area contributed by atoms with Gasteiger partial charge < -0.3 is 13.9 Å². The fourth-order valence-electron chi connectivity index (χ4n) is 4.66. The SMILES string of the molecule is CCc1nc(Cn2c(-c3ccc(N4[C@@H](C)CC[C@@H]4C)nc3)nc3cc(C=O)ccc32)co1. The lowest BCUT2D eigenvalue weighted by Crippen LogP contribution is -2.33. The number of benzene rings is 1. The summed E-state index contributed by atoms with van der Waals surface area (Å²) in [6.07, 6.45) is 7.57. The predicted molar refractivity (Wildman–Crippen MR) is 124 cm³/mol.